The normalized spacial score (nSPS) is 16.8. The number of hydrogen-bond acceptors (Lipinski definition) is 5. The SMILES string of the molecule is C=C(/C=C(/O)C(=C)N1CC(=O)NS1(=C)=C)CCCNC(=O)OC(C)(C)C. The molecular weight excluding hydrogens is 354 g/mol. The van der Waals surface area contributed by atoms with Crippen LogP contribution in [0.2, 0.25) is 0 Å². The lowest BCUT2D eigenvalue weighted by Gasteiger charge is -2.25. The molecule has 3 N–H and O–H groups in total. The van der Waals surface area contributed by atoms with Gasteiger partial charge in [-0.25, -0.2) is 4.79 Å². The predicted octanol–water partition coefficient (Wildman–Crippen LogP) is 2.73. The van der Waals surface area contributed by atoms with E-state index in [1.807, 2.05) is 0 Å². The molecule has 0 spiro atoms. The molecule has 1 aliphatic heterocycles. The van der Waals surface area contributed by atoms with E-state index >= 15 is 0 Å². The first-order valence-corrected chi connectivity index (χ1v) is 10.1. The number of nitrogens with one attached hydrogen (secondary N) is 2. The molecule has 0 aliphatic carbocycles. The van der Waals surface area contributed by atoms with Crippen LogP contribution in [0.15, 0.2) is 36.3 Å². The van der Waals surface area contributed by atoms with Crippen LogP contribution in [-0.2, 0) is 9.53 Å². The first-order valence-electron chi connectivity index (χ1n) is 8.14. The van der Waals surface area contributed by atoms with Crippen LogP contribution >= 0.6 is 9.58 Å². The van der Waals surface area contributed by atoms with Gasteiger partial charge in [-0.2, -0.15) is 0 Å². The van der Waals surface area contributed by atoms with Crippen molar-refractivity contribution in [1.82, 2.24) is 14.3 Å². The lowest BCUT2D eigenvalue weighted by molar-refractivity contribution is -0.118. The van der Waals surface area contributed by atoms with E-state index in [9.17, 15) is 14.7 Å². The number of allylic oxidation sites excluding steroid dienone is 2. The van der Waals surface area contributed by atoms with Crippen molar-refractivity contribution in [1.29, 1.82) is 0 Å². The molecule has 0 radical (unpaired) electrons. The largest absolute Gasteiger partial charge is 0.506 e. The lowest BCUT2D eigenvalue weighted by Crippen LogP contribution is -2.33. The summed E-state index contributed by atoms with van der Waals surface area (Å²) in [7, 11) is -2.02. The molecule has 0 unspecified atom stereocenters. The maximum Gasteiger partial charge on any atom is 0.407 e. The number of carbonyl (C=O) groups excluding carboxylic acids is 2. The Morgan fingerprint density at radius 2 is 2.04 bits per heavy atom. The van der Waals surface area contributed by atoms with Gasteiger partial charge in [0.15, 0.2) is 0 Å². The second-order valence-electron chi connectivity index (χ2n) is 7.07. The van der Waals surface area contributed by atoms with Gasteiger partial charge in [0.05, 0.1) is 5.70 Å². The van der Waals surface area contributed by atoms with Crippen LogP contribution in [0.25, 0.3) is 0 Å². The number of hydrogen-bond donors (Lipinski definition) is 3. The van der Waals surface area contributed by atoms with E-state index in [2.05, 4.69) is 34.9 Å². The summed E-state index contributed by atoms with van der Waals surface area (Å²) >= 11 is 0. The molecule has 0 saturated carbocycles. The standard InChI is InChI=1S/C18H29N3O4S/c1-13(9-8-10-19-17(24)25-18(3,4)5)11-15(22)14(2)21-12-16(23)20-26(21,6)7/h11,22H,1-2,6-10,12H2,3-5H3,(H,19,24)(H,20,23)/b15-11+. The number of rotatable bonds is 7. The van der Waals surface area contributed by atoms with E-state index in [1.165, 1.54) is 6.08 Å². The molecule has 8 heteroatoms. The van der Waals surface area contributed by atoms with Gasteiger partial charge in [0.2, 0.25) is 0 Å². The Kier molecular flexibility index (Phi) is 6.97. The number of ether oxygens (including phenoxy) is 1. The molecule has 1 heterocycles. The first kappa shape index (κ1) is 21.7. The number of amides is 2. The van der Waals surface area contributed by atoms with Crippen LogP contribution in [0.1, 0.15) is 33.6 Å². The average Bonchev–Trinajstić information content (AvgIpc) is 2.73. The number of aliphatic hydroxyl groups is 1. The minimum Gasteiger partial charge on any atom is -0.506 e. The summed E-state index contributed by atoms with van der Waals surface area (Å²) in [5, 5.41) is 12.9. The van der Waals surface area contributed by atoms with Crippen LogP contribution < -0.4 is 10.0 Å². The van der Waals surface area contributed by atoms with Crippen LogP contribution in [0.5, 0.6) is 0 Å². The number of carbonyl (C=O) groups is 2. The molecule has 26 heavy (non-hydrogen) atoms. The molecule has 1 aliphatic rings. The first-order chi connectivity index (χ1) is 11.8. The highest BCUT2D eigenvalue weighted by Crippen LogP contribution is 2.32. The van der Waals surface area contributed by atoms with Crippen LogP contribution in [0.4, 0.5) is 4.79 Å². The fraction of sp³-hybridized carbons (Fsp3) is 0.444. The monoisotopic (exact) mass is 383 g/mol. The topological polar surface area (TPSA) is 90.9 Å². The highest BCUT2D eigenvalue weighted by Gasteiger charge is 2.26. The maximum absolute atomic E-state index is 11.5. The molecule has 1 saturated heterocycles. The van der Waals surface area contributed by atoms with Crippen LogP contribution in [0.3, 0.4) is 0 Å². The molecule has 0 bridgehead atoms. The highest BCUT2D eigenvalue weighted by atomic mass is 32.2. The smallest absolute Gasteiger partial charge is 0.407 e. The molecule has 0 atom stereocenters. The van der Waals surface area contributed by atoms with Gasteiger partial charge in [0, 0.05) is 6.54 Å². The average molecular weight is 384 g/mol. The fourth-order valence-corrected chi connectivity index (χ4v) is 3.63. The van der Waals surface area contributed by atoms with E-state index in [-0.39, 0.29) is 23.9 Å². The number of nitrogens with zero attached hydrogens (tertiary/aromatic N) is 1. The summed E-state index contributed by atoms with van der Waals surface area (Å²) in [6.07, 6.45) is 2.23. The van der Waals surface area contributed by atoms with Gasteiger partial charge in [0.25, 0.3) is 5.91 Å². The predicted molar refractivity (Wildman–Crippen MR) is 109 cm³/mol. The van der Waals surface area contributed by atoms with E-state index in [4.69, 9.17) is 4.74 Å². The summed E-state index contributed by atoms with van der Waals surface area (Å²) in [5.74, 6) is 7.47. The quantitative estimate of drug-likeness (QED) is 0.272. The van der Waals surface area contributed by atoms with E-state index in [0.29, 0.717) is 25.0 Å². The molecule has 1 rings (SSSR count). The number of aliphatic hydroxyl groups excluding tert-OH is 1. The Balaban J connectivity index is 2.47. The molecule has 146 valence electrons. The Morgan fingerprint density at radius 1 is 1.42 bits per heavy atom. The third-order valence-electron chi connectivity index (χ3n) is 3.29. The highest BCUT2D eigenvalue weighted by molar-refractivity contribution is 8.25. The summed E-state index contributed by atoms with van der Waals surface area (Å²) in [6, 6.07) is 0. The summed E-state index contributed by atoms with van der Waals surface area (Å²) in [6.45, 7) is 13.6. The van der Waals surface area contributed by atoms with Crippen molar-refractivity contribution < 1.29 is 19.4 Å². The zero-order valence-corrected chi connectivity index (χ0v) is 16.6. The summed E-state index contributed by atoms with van der Waals surface area (Å²) < 4.78 is 9.38. The van der Waals surface area contributed by atoms with Gasteiger partial charge in [-0.3, -0.25) is 9.52 Å². The van der Waals surface area contributed by atoms with Gasteiger partial charge in [-0.05, 0) is 51.4 Å². The summed E-state index contributed by atoms with van der Waals surface area (Å²) in [4.78, 5) is 23.1. The maximum atomic E-state index is 11.5. The van der Waals surface area contributed by atoms with Gasteiger partial charge in [-0.15, -0.1) is 0 Å². The van der Waals surface area contributed by atoms with E-state index in [0.717, 1.165) is 0 Å². The molecular formula is C18H29N3O4S. The van der Waals surface area contributed by atoms with Gasteiger partial charge in [0.1, 0.15) is 17.9 Å². The fourth-order valence-electron chi connectivity index (χ4n) is 2.16. The Morgan fingerprint density at radius 3 is 2.54 bits per heavy atom. The van der Waals surface area contributed by atoms with Crippen molar-refractivity contribution in [2.24, 2.45) is 0 Å². The van der Waals surface area contributed by atoms with E-state index in [1.54, 1.807) is 25.1 Å². The number of alkyl carbamates (subject to hydrolysis) is 1. The lowest BCUT2D eigenvalue weighted by atomic mass is 10.1. The Hall–Kier alpha value is -2.35. The van der Waals surface area contributed by atoms with Crippen LogP contribution in [-0.4, -0.2) is 51.8 Å². The van der Waals surface area contributed by atoms with Crippen molar-refractivity contribution >= 4 is 33.3 Å². The minimum absolute atomic E-state index is 0.0609. The van der Waals surface area contributed by atoms with Gasteiger partial charge >= 0.3 is 6.09 Å². The zero-order chi connectivity index (χ0) is 20.1. The van der Waals surface area contributed by atoms with E-state index < -0.39 is 21.3 Å². The third kappa shape index (κ3) is 6.87. The molecule has 7 nitrogen and oxygen atoms in total. The van der Waals surface area contributed by atoms with Gasteiger partial charge < -0.3 is 19.5 Å². The molecule has 1 fully saturated rings. The molecule has 0 aromatic carbocycles. The molecule has 0 aromatic heterocycles. The van der Waals surface area contributed by atoms with Crippen molar-refractivity contribution in [2.75, 3.05) is 13.1 Å². The summed E-state index contributed by atoms with van der Waals surface area (Å²) in [5.41, 5.74) is 0.409. The zero-order valence-electron chi connectivity index (χ0n) is 15.8. The van der Waals surface area contributed by atoms with Gasteiger partial charge in [-0.1, -0.05) is 28.3 Å². The Bertz CT molecular complexity index is 730. The van der Waals surface area contributed by atoms with Crippen molar-refractivity contribution in [2.45, 2.75) is 39.2 Å². The van der Waals surface area contributed by atoms with Crippen LogP contribution in [0, 0.1) is 0 Å². The Labute approximate surface area is 156 Å². The van der Waals surface area contributed by atoms with Crippen molar-refractivity contribution in [3.05, 3.63) is 36.3 Å². The molecule has 0 aromatic rings. The minimum atomic E-state index is -2.02. The third-order valence-corrected chi connectivity index (χ3v) is 5.09. The van der Waals surface area contributed by atoms with Crippen molar-refractivity contribution in [3.8, 4) is 0 Å². The second kappa shape index (κ2) is 8.35. The second-order valence-corrected chi connectivity index (χ2v) is 9.40. The van der Waals surface area contributed by atoms with Crippen molar-refractivity contribution in [3.63, 3.8) is 0 Å². The molecule has 2 amide bonds.